The lowest BCUT2D eigenvalue weighted by molar-refractivity contribution is -0.225. The first kappa shape index (κ1) is 16.3. The first-order valence-electron chi connectivity index (χ1n) is 9.16. The zero-order valence-corrected chi connectivity index (χ0v) is 14.2. The average molecular weight is 308 g/mol. The Kier molecular flexibility index (Phi) is 4.52. The van der Waals surface area contributed by atoms with Gasteiger partial charge in [-0.2, -0.15) is 0 Å². The Labute approximate surface area is 134 Å². The minimum Gasteiger partial charge on any atom is -0.377 e. The van der Waals surface area contributed by atoms with Crippen LogP contribution in [0.4, 0.5) is 0 Å². The minimum atomic E-state index is -0.759. The van der Waals surface area contributed by atoms with Crippen molar-refractivity contribution in [2.24, 2.45) is 23.0 Å². The van der Waals surface area contributed by atoms with Crippen LogP contribution in [0.25, 0.3) is 0 Å². The number of hydrogen-bond donors (Lipinski definition) is 2. The average Bonchev–Trinajstić information content (AvgIpc) is 2.55. The molecule has 1 aliphatic heterocycles. The highest BCUT2D eigenvalue weighted by Crippen LogP contribution is 2.57. The number of hydrogen-bond acceptors (Lipinski definition) is 3. The normalized spacial score (nSPS) is 38.0. The molecule has 3 fully saturated rings. The monoisotopic (exact) mass is 308 g/mol. The third-order valence-corrected chi connectivity index (χ3v) is 6.62. The maximum absolute atomic E-state index is 12.8. The highest BCUT2D eigenvalue weighted by Gasteiger charge is 2.70. The lowest BCUT2D eigenvalue weighted by atomic mass is 9.46. The highest BCUT2D eigenvalue weighted by molar-refractivity contribution is 5.89. The van der Waals surface area contributed by atoms with Gasteiger partial charge in [-0.05, 0) is 25.2 Å². The van der Waals surface area contributed by atoms with Crippen LogP contribution in [0, 0.1) is 17.3 Å². The molecule has 0 radical (unpaired) electrons. The molecule has 2 aliphatic carbocycles. The summed E-state index contributed by atoms with van der Waals surface area (Å²) in [6, 6.07) is 0. The van der Waals surface area contributed by atoms with E-state index in [2.05, 4.69) is 19.2 Å². The van der Waals surface area contributed by atoms with Crippen LogP contribution in [-0.2, 0) is 9.53 Å². The fourth-order valence-electron chi connectivity index (χ4n) is 5.05. The first-order valence-corrected chi connectivity index (χ1v) is 9.16. The van der Waals surface area contributed by atoms with Gasteiger partial charge in [0.2, 0.25) is 5.91 Å². The van der Waals surface area contributed by atoms with E-state index in [9.17, 15) is 4.79 Å². The van der Waals surface area contributed by atoms with Gasteiger partial charge in [0.1, 0.15) is 5.54 Å². The third kappa shape index (κ3) is 2.48. The van der Waals surface area contributed by atoms with Gasteiger partial charge in [0.05, 0.1) is 6.10 Å². The van der Waals surface area contributed by atoms with E-state index < -0.39 is 5.54 Å². The Morgan fingerprint density at radius 1 is 1.18 bits per heavy atom. The second-order valence-electron chi connectivity index (χ2n) is 8.18. The van der Waals surface area contributed by atoms with Gasteiger partial charge in [-0.25, -0.2) is 0 Å². The summed E-state index contributed by atoms with van der Waals surface area (Å²) in [5.41, 5.74) is 5.58. The SMILES string of the molecule is CC1(C)C2OCCCC2C1(N)C(=O)NCCC1CCCCC1. The molecular formula is C18H32N2O2. The number of nitrogens with one attached hydrogen (secondary N) is 1. The Hall–Kier alpha value is -0.610. The van der Waals surface area contributed by atoms with Gasteiger partial charge in [0.15, 0.2) is 0 Å². The summed E-state index contributed by atoms with van der Waals surface area (Å²) in [6.07, 6.45) is 10.0. The van der Waals surface area contributed by atoms with Crippen molar-refractivity contribution < 1.29 is 9.53 Å². The fraction of sp³-hybridized carbons (Fsp3) is 0.944. The van der Waals surface area contributed by atoms with Crippen LogP contribution in [0.15, 0.2) is 0 Å². The zero-order valence-electron chi connectivity index (χ0n) is 14.2. The van der Waals surface area contributed by atoms with Crippen molar-refractivity contribution >= 4 is 5.91 Å². The largest absolute Gasteiger partial charge is 0.377 e. The predicted octanol–water partition coefficient (Wildman–Crippen LogP) is 2.61. The molecule has 0 aromatic carbocycles. The Morgan fingerprint density at radius 3 is 2.64 bits per heavy atom. The molecule has 0 aromatic rings. The van der Waals surface area contributed by atoms with E-state index in [-0.39, 0.29) is 23.3 Å². The zero-order chi connectivity index (χ0) is 15.8. The van der Waals surface area contributed by atoms with Crippen LogP contribution in [0.5, 0.6) is 0 Å². The van der Waals surface area contributed by atoms with Gasteiger partial charge in [0.25, 0.3) is 0 Å². The number of nitrogens with two attached hydrogens (primary N) is 1. The molecule has 3 unspecified atom stereocenters. The van der Waals surface area contributed by atoms with E-state index in [1.54, 1.807) is 0 Å². The maximum atomic E-state index is 12.8. The van der Waals surface area contributed by atoms with Crippen molar-refractivity contribution in [3.63, 3.8) is 0 Å². The molecule has 1 amide bonds. The summed E-state index contributed by atoms with van der Waals surface area (Å²) in [4.78, 5) is 12.8. The first-order chi connectivity index (χ1) is 10.5. The van der Waals surface area contributed by atoms with Crippen molar-refractivity contribution in [1.82, 2.24) is 5.32 Å². The summed E-state index contributed by atoms with van der Waals surface area (Å²) < 4.78 is 5.88. The molecule has 0 aromatic heterocycles. The number of fused-ring (bicyclic) bond motifs is 1. The summed E-state index contributed by atoms with van der Waals surface area (Å²) in [6.45, 7) is 5.75. The van der Waals surface area contributed by atoms with Crippen LogP contribution in [0.1, 0.15) is 65.2 Å². The third-order valence-electron chi connectivity index (χ3n) is 6.62. The quantitative estimate of drug-likeness (QED) is 0.839. The van der Waals surface area contributed by atoms with Gasteiger partial charge in [-0.3, -0.25) is 4.79 Å². The Bertz CT molecular complexity index is 417. The second-order valence-corrected chi connectivity index (χ2v) is 8.18. The summed E-state index contributed by atoms with van der Waals surface area (Å²) in [5.74, 6) is 1.02. The van der Waals surface area contributed by atoms with E-state index in [1.807, 2.05) is 0 Å². The Morgan fingerprint density at radius 2 is 1.91 bits per heavy atom. The van der Waals surface area contributed by atoms with E-state index in [0.717, 1.165) is 38.3 Å². The van der Waals surface area contributed by atoms with Crippen molar-refractivity contribution in [2.75, 3.05) is 13.2 Å². The second kappa shape index (κ2) is 6.12. The summed E-state index contributed by atoms with van der Waals surface area (Å²) in [7, 11) is 0. The lowest BCUT2D eigenvalue weighted by Crippen LogP contribution is -2.82. The maximum Gasteiger partial charge on any atom is 0.241 e. The van der Waals surface area contributed by atoms with Gasteiger partial charge >= 0.3 is 0 Å². The van der Waals surface area contributed by atoms with Crippen LogP contribution in [-0.4, -0.2) is 30.7 Å². The van der Waals surface area contributed by atoms with Crippen molar-refractivity contribution in [1.29, 1.82) is 0 Å². The smallest absolute Gasteiger partial charge is 0.241 e. The molecule has 3 rings (SSSR count). The molecule has 126 valence electrons. The molecule has 1 heterocycles. The number of rotatable bonds is 4. The number of carbonyl (C=O) groups excluding carboxylic acids is 1. The van der Waals surface area contributed by atoms with E-state index in [4.69, 9.17) is 10.5 Å². The molecule has 3 atom stereocenters. The molecule has 1 saturated heterocycles. The number of carbonyl (C=O) groups is 1. The molecule has 0 bridgehead atoms. The van der Waals surface area contributed by atoms with E-state index in [1.165, 1.54) is 32.1 Å². The van der Waals surface area contributed by atoms with Gasteiger partial charge in [0, 0.05) is 24.5 Å². The molecular weight excluding hydrogens is 276 g/mol. The van der Waals surface area contributed by atoms with Crippen LogP contribution >= 0.6 is 0 Å². The minimum absolute atomic E-state index is 0.0417. The van der Waals surface area contributed by atoms with Gasteiger partial charge in [-0.15, -0.1) is 0 Å². The highest BCUT2D eigenvalue weighted by atomic mass is 16.5. The van der Waals surface area contributed by atoms with Crippen molar-refractivity contribution in [2.45, 2.75) is 76.9 Å². The van der Waals surface area contributed by atoms with Gasteiger partial charge < -0.3 is 15.8 Å². The molecule has 3 aliphatic rings. The van der Waals surface area contributed by atoms with Crippen molar-refractivity contribution in [3.05, 3.63) is 0 Å². The van der Waals surface area contributed by atoms with Crippen LogP contribution in [0.3, 0.4) is 0 Å². The summed E-state index contributed by atoms with van der Waals surface area (Å²) in [5, 5.41) is 3.14. The number of ether oxygens (including phenoxy) is 1. The van der Waals surface area contributed by atoms with Crippen LogP contribution < -0.4 is 11.1 Å². The molecule has 4 heteroatoms. The Balaban J connectivity index is 1.54. The molecule has 4 nitrogen and oxygen atoms in total. The molecule has 3 N–H and O–H groups in total. The van der Waals surface area contributed by atoms with E-state index in [0.29, 0.717) is 0 Å². The van der Waals surface area contributed by atoms with Gasteiger partial charge in [-0.1, -0.05) is 46.0 Å². The molecule has 22 heavy (non-hydrogen) atoms. The van der Waals surface area contributed by atoms with Crippen LogP contribution in [0.2, 0.25) is 0 Å². The molecule has 2 saturated carbocycles. The summed E-state index contributed by atoms with van der Waals surface area (Å²) >= 11 is 0. The standard InChI is InChI=1S/C18H32N2O2/c1-17(2)15-14(9-6-12-22-15)18(17,19)16(21)20-11-10-13-7-4-3-5-8-13/h13-15H,3-12,19H2,1-2H3,(H,20,21). The van der Waals surface area contributed by atoms with Crippen molar-refractivity contribution in [3.8, 4) is 0 Å². The number of amides is 1. The molecule has 0 spiro atoms. The van der Waals surface area contributed by atoms with E-state index >= 15 is 0 Å². The topological polar surface area (TPSA) is 64.3 Å². The fourth-order valence-corrected chi connectivity index (χ4v) is 5.05. The lowest BCUT2D eigenvalue weighted by Gasteiger charge is -2.65. The predicted molar refractivity (Wildman–Crippen MR) is 87.4 cm³/mol.